The highest BCUT2D eigenvalue weighted by Gasteiger charge is 1.98. The Kier molecular flexibility index (Phi) is 3.21. The first-order valence-electron chi connectivity index (χ1n) is 4.47. The molecule has 12 heavy (non-hydrogen) atoms. The predicted molar refractivity (Wildman–Crippen MR) is 60.9 cm³/mol. The van der Waals surface area contributed by atoms with Gasteiger partial charge in [0.15, 0.2) is 0 Å². The molecule has 60 valence electrons. The highest BCUT2D eigenvalue weighted by atomic mass is 14.0. The third-order valence-electron chi connectivity index (χ3n) is 2.08. The van der Waals surface area contributed by atoms with Crippen LogP contribution in [0.5, 0.6) is 0 Å². The van der Waals surface area contributed by atoms with Gasteiger partial charge in [0.1, 0.15) is 15.7 Å². The zero-order chi connectivity index (χ0) is 8.97. The lowest BCUT2D eigenvalue weighted by molar-refractivity contribution is 1.51. The van der Waals surface area contributed by atoms with Crippen LogP contribution in [0.2, 0.25) is 6.32 Å². The van der Waals surface area contributed by atoms with E-state index in [9.17, 15) is 0 Å². The molecule has 0 fully saturated rings. The monoisotopic (exact) mass is 156 g/mol. The fourth-order valence-electron chi connectivity index (χ4n) is 1.49. The first-order chi connectivity index (χ1) is 5.75. The molecule has 0 spiro atoms. The third kappa shape index (κ3) is 2.04. The first kappa shape index (κ1) is 9.18. The molecule has 0 amide bonds. The molecule has 1 aromatic carbocycles. The minimum absolute atomic E-state index is 1.12. The number of hydrogen-bond acceptors (Lipinski definition) is 0. The molecule has 0 atom stereocenters. The van der Waals surface area contributed by atoms with Crippen molar-refractivity contribution in [3.05, 3.63) is 41.4 Å². The van der Waals surface area contributed by atoms with Crippen LogP contribution in [0.15, 0.2) is 35.8 Å². The molecule has 0 heterocycles. The fraction of sp³-hybridized carbons (Fsp3) is 0.200. The predicted octanol–water partition coefficient (Wildman–Crippen LogP) is 1.10. The molecule has 0 aliphatic rings. The van der Waals surface area contributed by atoms with Crippen molar-refractivity contribution in [3.8, 4) is 0 Å². The van der Waals surface area contributed by atoms with Crippen molar-refractivity contribution >= 4 is 21.3 Å². The summed E-state index contributed by atoms with van der Waals surface area (Å²) in [6.07, 6.45) is 1.12. The van der Waals surface area contributed by atoms with E-state index in [0.29, 0.717) is 0 Å². The van der Waals surface area contributed by atoms with Gasteiger partial charge in [-0.3, -0.25) is 0 Å². The maximum Gasteiger partial charge on any atom is 0.133 e. The quantitative estimate of drug-likeness (QED) is 0.562. The molecule has 0 aromatic heterocycles. The second-order valence-corrected chi connectivity index (χ2v) is 3.20. The number of allylic oxidation sites excluding steroid dienone is 2. The highest BCUT2D eigenvalue weighted by molar-refractivity contribution is 6.27. The fourth-order valence-corrected chi connectivity index (χ4v) is 1.49. The van der Waals surface area contributed by atoms with Crippen LogP contribution in [-0.4, -0.2) is 15.7 Å². The minimum atomic E-state index is 1.12. The SMILES string of the molecule is BC/C(=C(/B)C)c1ccccc1. The lowest BCUT2D eigenvalue weighted by Crippen LogP contribution is -1.88. The van der Waals surface area contributed by atoms with E-state index < -0.39 is 0 Å². The van der Waals surface area contributed by atoms with E-state index in [0.717, 1.165) is 6.32 Å². The summed E-state index contributed by atoms with van der Waals surface area (Å²) in [6, 6.07) is 10.6. The van der Waals surface area contributed by atoms with Crippen LogP contribution >= 0.6 is 0 Å². The van der Waals surface area contributed by atoms with Gasteiger partial charge in [-0.2, -0.15) is 0 Å². The van der Waals surface area contributed by atoms with E-state index >= 15 is 0 Å². The smallest absolute Gasteiger partial charge is 0.110 e. The number of rotatable bonds is 2. The molecule has 0 N–H and O–H groups in total. The zero-order valence-corrected chi connectivity index (χ0v) is 8.09. The lowest BCUT2D eigenvalue weighted by atomic mass is 9.81. The van der Waals surface area contributed by atoms with Gasteiger partial charge in [0, 0.05) is 0 Å². The Morgan fingerprint density at radius 1 is 1.25 bits per heavy atom. The summed E-state index contributed by atoms with van der Waals surface area (Å²) in [7, 11) is 4.38. The molecule has 0 aliphatic carbocycles. The van der Waals surface area contributed by atoms with Gasteiger partial charge in [0.2, 0.25) is 0 Å². The Labute approximate surface area is 76.5 Å². The molecule has 0 radical (unpaired) electrons. The van der Waals surface area contributed by atoms with Crippen LogP contribution < -0.4 is 0 Å². The Morgan fingerprint density at radius 2 is 1.83 bits per heavy atom. The Morgan fingerprint density at radius 3 is 2.25 bits per heavy atom. The molecule has 1 rings (SSSR count). The number of benzene rings is 1. The van der Waals surface area contributed by atoms with Gasteiger partial charge in [-0.05, 0) is 5.56 Å². The standard InChI is InChI=1S/C10H14B2/c1-8(12)10(7-11)9-5-3-2-4-6-9/h2-6H,7,11-12H2,1H3/b10-8-. The molecule has 0 aliphatic heterocycles. The second kappa shape index (κ2) is 4.20. The maximum atomic E-state index is 2.20. The van der Waals surface area contributed by atoms with Gasteiger partial charge in [0.05, 0.1) is 0 Å². The van der Waals surface area contributed by atoms with Gasteiger partial charge in [0.25, 0.3) is 0 Å². The molecule has 0 bridgehead atoms. The van der Waals surface area contributed by atoms with E-state index in [1.807, 2.05) is 0 Å². The zero-order valence-electron chi connectivity index (χ0n) is 8.09. The Balaban J connectivity index is 3.05. The van der Waals surface area contributed by atoms with E-state index in [2.05, 4.69) is 52.9 Å². The first-order valence-corrected chi connectivity index (χ1v) is 4.47. The van der Waals surface area contributed by atoms with Crippen molar-refractivity contribution in [2.75, 3.05) is 0 Å². The third-order valence-corrected chi connectivity index (χ3v) is 2.08. The van der Waals surface area contributed by atoms with Crippen LogP contribution in [0.25, 0.3) is 5.57 Å². The molecular weight excluding hydrogens is 142 g/mol. The molecule has 0 unspecified atom stereocenters. The van der Waals surface area contributed by atoms with Gasteiger partial charge >= 0.3 is 0 Å². The van der Waals surface area contributed by atoms with Gasteiger partial charge < -0.3 is 0 Å². The molecule has 0 saturated heterocycles. The number of hydrogen-bond donors (Lipinski definition) is 0. The van der Waals surface area contributed by atoms with Crippen molar-refractivity contribution in [1.82, 2.24) is 0 Å². The molecule has 2 heteroatoms. The van der Waals surface area contributed by atoms with Crippen LogP contribution in [0.4, 0.5) is 0 Å². The van der Waals surface area contributed by atoms with Crippen LogP contribution in [0, 0.1) is 0 Å². The summed E-state index contributed by atoms with van der Waals surface area (Å²) in [5.74, 6) is 0. The molecule has 1 aromatic rings. The van der Waals surface area contributed by atoms with E-state index in [-0.39, 0.29) is 0 Å². The van der Waals surface area contributed by atoms with Crippen molar-refractivity contribution in [2.24, 2.45) is 0 Å². The Bertz CT molecular complexity index is 271. The summed E-state index contributed by atoms with van der Waals surface area (Å²) < 4.78 is 0. The van der Waals surface area contributed by atoms with Gasteiger partial charge in [-0.15, -0.1) is 5.47 Å². The summed E-state index contributed by atoms with van der Waals surface area (Å²) in [5, 5.41) is 0. The summed E-state index contributed by atoms with van der Waals surface area (Å²) in [4.78, 5) is 0. The summed E-state index contributed by atoms with van der Waals surface area (Å²) >= 11 is 0. The average molecular weight is 156 g/mol. The average Bonchev–Trinajstić information content (AvgIpc) is 2.07. The molecule has 0 nitrogen and oxygen atoms in total. The van der Waals surface area contributed by atoms with E-state index in [4.69, 9.17) is 0 Å². The van der Waals surface area contributed by atoms with Crippen molar-refractivity contribution in [1.29, 1.82) is 0 Å². The van der Waals surface area contributed by atoms with Crippen molar-refractivity contribution in [3.63, 3.8) is 0 Å². The van der Waals surface area contributed by atoms with Crippen LogP contribution in [-0.2, 0) is 0 Å². The van der Waals surface area contributed by atoms with Crippen molar-refractivity contribution in [2.45, 2.75) is 13.2 Å². The van der Waals surface area contributed by atoms with Gasteiger partial charge in [-0.25, -0.2) is 0 Å². The lowest BCUT2D eigenvalue weighted by Gasteiger charge is -2.06. The topological polar surface area (TPSA) is 0 Å². The normalized spacial score (nSPS) is 12.4. The van der Waals surface area contributed by atoms with E-state index in [1.54, 1.807) is 0 Å². The second-order valence-electron chi connectivity index (χ2n) is 3.20. The maximum absolute atomic E-state index is 2.20. The summed E-state index contributed by atoms with van der Waals surface area (Å²) in [5.41, 5.74) is 4.25. The molecule has 0 saturated carbocycles. The summed E-state index contributed by atoms with van der Waals surface area (Å²) in [6.45, 7) is 2.17. The van der Waals surface area contributed by atoms with Crippen LogP contribution in [0.3, 0.4) is 0 Å². The largest absolute Gasteiger partial charge is 0.133 e. The Hall–Kier alpha value is -0.910. The van der Waals surface area contributed by atoms with Crippen molar-refractivity contribution < 1.29 is 0 Å². The van der Waals surface area contributed by atoms with Gasteiger partial charge in [-0.1, -0.05) is 49.1 Å². The van der Waals surface area contributed by atoms with Crippen LogP contribution in [0.1, 0.15) is 12.5 Å². The highest BCUT2D eigenvalue weighted by Crippen LogP contribution is 2.19. The molecular formula is C10H14B2. The van der Waals surface area contributed by atoms with E-state index in [1.165, 1.54) is 16.6 Å². The minimum Gasteiger partial charge on any atom is -0.110 e.